The van der Waals surface area contributed by atoms with Crippen LogP contribution in [0.15, 0.2) is 53.4 Å². The minimum Gasteiger partial charge on any atom is -0.493 e. The lowest BCUT2D eigenvalue weighted by molar-refractivity contribution is 0.324. The molecular formula is C26H27ClO7S. The number of hydrogen-bond donors (Lipinski definition) is 0. The maximum atomic E-state index is 13.3. The Morgan fingerprint density at radius 3 is 1.91 bits per heavy atom. The van der Waals surface area contributed by atoms with Crippen LogP contribution in [0.1, 0.15) is 16.7 Å². The van der Waals surface area contributed by atoms with Crippen LogP contribution in [0.5, 0.6) is 28.7 Å². The zero-order valence-electron chi connectivity index (χ0n) is 20.1. The van der Waals surface area contributed by atoms with Gasteiger partial charge in [0.2, 0.25) is 5.75 Å². The van der Waals surface area contributed by atoms with E-state index in [9.17, 15) is 8.42 Å². The van der Waals surface area contributed by atoms with Gasteiger partial charge in [-0.3, -0.25) is 0 Å². The van der Waals surface area contributed by atoms with Crippen LogP contribution in [-0.4, -0.2) is 44.0 Å². The monoisotopic (exact) mass is 518 g/mol. The summed E-state index contributed by atoms with van der Waals surface area (Å²) in [6, 6.07) is 13.2. The molecule has 0 fully saturated rings. The minimum absolute atomic E-state index is 0.120. The van der Waals surface area contributed by atoms with Crippen LogP contribution in [-0.2, 0) is 15.6 Å². The lowest BCUT2D eigenvalue weighted by atomic mass is 10.0. The van der Waals surface area contributed by atoms with E-state index < -0.39 is 9.84 Å². The van der Waals surface area contributed by atoms with E-state index in [0.29, 0.717) is 44.9 Å². The Hall–Kier alpha value is -3.36. The molecule has 3 aromatic carbocycles. The first-order valence-electron chi connectivity index (χ1n) is 10.5. The number of ether oxygens (including phenoxy) is 5. The van der Waals surface area contributed by atoms with E-state index in [1.54, 1.807) is 42.5 Å². The van der Waals surface area contributed by atoms with Crippen molar-refractivity contribution in [1.29, 1.82) is 0 Å². The summed E-state index contributed by atoms with van der Waals surface area (Å²) in [5.74, 6) is 1.93. The zero-order chi connectivity index (χ0) is 25.6. The molecule has 0 atom stereocenters. The van der Waals surface area contributed by atoms with E-state index in [4.69, 9.17) is 35.3 Å². The van der Waals surface area contributed by atoms with Crippen LogP contribution in [0, 0.1) is 0 Å². The van der Waals surface area contributed by atoms with E-state index in [2.05, 4.69) is 0 Å². The largest absolute Gasteiger partial charge is 0.493 e. The molecule has 0 amide bonds. The van der Waals surface area contributed by atoms with Crippen LogP contribution in [0.2, 0.25) is 5.02 Å². The SMILES string of the molecule is COc1cc(/C=C\c2ccc(OC)c(OC)c2CS(=O)(=O)c2cccc(Cl)c2)cc(OC)c1OC. The van der Waals surface area contributed by atoms with Crippen molar-refractivity contribution < 1.29 is 32.1 Å². The predicted molar refractivity (Wildman–Crippen MR) is 137 cm³/mol. The molecule has 0 unspecified atom stereocenters. The van der Waals surface area contributed by atoms with Gasteiger partial charge in [-0.15, -0.1) is 0 Å². The van der Waals surface area contributed by atoms with Crippen LogP contribution in [0.3, 0.4) is 0 Å². The molecule has 0 spiro atoms. The standard InChI is InChI=1S/C26H27ClO7S/c1-30-22-12-11-18(10-9-17-13-23(31-2)26(34-5)24(14-17)32-3)21(25(22)33-4)16-35(28,29)20-8-6-7-19(27)15-20/h6-15H,16H2,1-5H3/b10-9-. The van der Waals surface area contributed by atoms with E-state index in [1.165, 1.54) is 47.7 Å². The van der Waals surface area contributed by atoms with Gasteiger partial charge in [-0.25, -0.2) is 8.42 Å². The Morgan fingerprint density at radius 1 is 0.743 bits per heavy atom. The van der Waals surface area contributed by atoms with Crippen molar-refractivity contribution in [2.24, 2.45) is 0 Å². The van der Waals surface area contributed by atoms with Gasteiger partial charge in [-0.05, 0) is 47.5 Å². The van der Waals surface area contributed by atoms with Gasteiger partial charge in [0.15, 0.2) is 32.8 Å². The Morgan fingerprint density at radius 2 is 1.37 bits per heavy atom. The summed E-state index contributed by atoms with van der Waals surface area (Å²) in [5, 5.41) is 0.339. The number of hydrogen-bond acceptors (Lipinski definition) is 7. The molecule has 0 saturated carbocycles. The number of rotatable bonds is 10. The fourth-order valence-electron chi connectivity index (χ4n) is 3.63. The highest BCUT2D eigenvalue weighted by Gasteiger charge is 2.23. The maximum absolute atomic E-state index is 13.3. The highest BCUT2D eigenvalue weighted by Crippen LogP contribution is 2.40. The molecule has 3 rings (SSSR count). The molecule has 9 heteroatoms. The van der Waals surface area contributed by atoms with Crippen molar-refractivity contribution in [1.82, 2.24) is 0 Å². The van der Waals surface area contributed by atoms with E-state index >= 15 is 0 Å². The van der Waals surface area contributed by atoms with Crippen LogP contribution >= 0.6 is 11.6 Å². The Bertz CT molecular complexity index is 1310. The molecule has 0 aliphatic heterocycles. The molecule has 186 valence electrons. The molecule has 0 aliphatic carbocycles. The average Bonchev–Trinajstić information content (AvgIpc) is 2.86. The maximum Gasteiger partial charge on any atom is 0.203 e. The van der Waals surface area contributed by atoms with Gasteiger partial charge in [-0.1, -0.05) is 35.9 Å². The Labute approximate surface area is 210 Å². The first kappa shape index (κ1) is 26.2. The highest BCUT2D eigenvalue weighted by atomic mass is 35.5. The van der Waals surface area contributed by atoms with E-state index in [-0.39, 0.29) is 10.6 Å². The average molecular weight is 519 g/mol. The van der Waals surface area contributed by atoms with Crippen molar-refractivity contribution in [2.45, 2.75) is 10.6 Å². The molecule has 35 heavy (non-hydrogen) atoms. The first-order valence-corrected chi connectivity index (χ1v) is 12.5. The van der Waals surface area contributed by atoms with Gasteiger partial charge in [0.25, 0.3) is 0 Å². The smallest absolute Gasteiger partial charge is 0.203 e. The summed E-state index contributed by atoms with van der Waals surface area (Å²) in [5.41, 5.74) is 1.86. The van der Waals surface area contributed by atoms with Gasteiger partial charge in [-0.2, -0.15) is 0 Å². The molecule has 0 aromatic heterocycles. The molecule has 0 N–H and O–H groups in total. The van der Waals surface area contributed by atoms with Gasteiger partial charge in [0.1, 0.15) is 0 Å². The van der Waals surface area contributed by atoms with Gasteiger partial charge in [0.05, 0.1) is 46.2 Å². The van der Waals surface area contributed by atoms with E-state index in [1.807, 2.05) is 6.08 Å². The third-order valence-corrected chi connectivity index (χ3v) is 7.19. The van der Waals surface area contributed by atoms with Crippen LogP contribution < -0.4 is 23.7 Å². The molecule has 0 saturated heterocycles. The second kappa shape index (κ2) is 11.4. The molecule has 7 nitrogen and oxygen atoms in total. The fourth-order valence-corrected chi connectivity index (χ4v) is 5.32. The fraction of sp³-hybridized carbons (Fsp3) is 0.231. The van der Waals surface area contributed by atoms with Crippen molar-refractivity contribution in [3.8, 4) is 28.7 Å². The molecule has 3 aromatic rings. The molecular weight excluding hydrogens is 492 g/mol. The predicted octanol–water partition coefficient (Wildman–Crippen LogP) is 5.53. The number of benzene rings is 3. The molecule has 0 heterocycles. The number of methoxy groups -OCH3 is 5. The van der Waals surface area contributed by atoms with Gasteiger partial charge < -0.3 is 23.7 Å². The zero-order valence-corrected chi connectivity index (χ0v) is 21.7. The summed E-state index contributed by atoms with van der Waals surface area (Å²) >= 11 is 6.03. The third-order valence-electron chi connectivity index (χ3n) is 5.32. The lowest BCUT2D eigenvalue weighted by Crippen LogP contribution is -2.08. The number of sulfone groups is 1. The second-order valence-corrected chi connectivity index (χ2v) is 9.80. The molecule has 0 radical (unpaired) electrons. The third kappa shape index (κ3) is 5.83. The summed E-state index contributed by atoms with van der Waals surface area (Å²) in [7, 11) is 3.84. The first-order chi connectivity index (χ1) is 16.8. The summed E-state index contributed by atoms with van der Waals surface area (Å²) in [4.78, 5) is 0.120. The quantitative estimate of drug-likeness (QED) is 0.326. The number of halogens is 1. The van der Waals surface area contributed by atoms with Gasteiger partial charge in [0, 0.05) is 10.6 Å². The van der Waals surface area contributed by atoms with E-state index in [0.717, 1.165) is 5.56 Å². The van der Waals surface area contributed by atoms with Crippen molar-refractivity contribution in [2.75, 3.05) is 35.5 Å². The van der Waals surface area contributed by atoms with Crippen molar-refractivity contribution in [3.63, 3.8) is 0 Å². The lowest BCUT2D eigenvalue weighted by Gasteiger charge is -2.16. The van der Waals surface area contributed by atoms with Crippen LogP contribution in [0.4, 0.5) is 0 Å². The van der Waals surface area contributed by atoms with Gasteiger partial charge >= 0.3 is 0 Å². The minimum atomic E-state index is -3.74. The second-order valence-electron chi connectivity index (χ2n) is 7.38. The molecule has 0 bridgehead atoms. The molecule has 0 aliphatic rings. The topological polar surface area (TPSA) is 80.3 Å². The highest BCUT2D eigenvalue weighted by molar-refractivity contribution is 7.90. The summed E-state index contributed by atoms with van der Waals surface area (Å²) in [6.07, 6.45) is 3.62. The Balaban J connectivity index is 2.11. The van der Waals surface area contributed by atoms with Crippen LogP contribution in [0.25, 0.3) is 12.2 Å². The normalized spacial score (nSPS) is 11.4. The van der Waals surface area contributed by atoms with Crippen molar-refractivity contribution in [3.05, 3.63) is 70.2 Å². The van der Waals surface area contributed by atoms with Crippen molar-refractivity contribution >= 4 is 33.6 Å². The summed E-state index contributed by atoms with van der Waals surface area (Å²) < 4.78 is 53.7. The summed E-state index contributed by atoms with van der Waals surface area (Å²) in [6.45, 7) is 0. The Kier molecular flexibility index (Phi) is 8.53.